The van der Waals surface area contributed by atoms with Crippen molar-refractivity contribution in [3.8, 4) is 0 Å². The molecule has 0 radical (unpaired) electrons. The number of nitrogens with one attached hydrogen (secondary N) is 2. The van der Waals surface area contributed by atoms with Crippen LogP contribution in [-0.2, 0) is 0 Å². The molecule has 0 aromatic rings. The van der Waals surface area contributed by atoms with Gasteiger partial charge in [0.1, 0.15) is 0 Å². The Labute approximate surface area is 68.1 Å². The van der Waals surface area contributed by atoms with Crippen molar-refractivity contribution in [2.75, 3.05) is 0 Å². The van der Waals surface area contributed by atoms with Crippen LogP contribution in [0.1, 0.15) is 13.3 Å². The van der Waals surface area contributed by atoms with Crippen molar-refractivity contribution < 1.29 is 13.2 Å². The Bertz CT molecular complexity index is 227. The second-order valence-electron chi connectivity index (χ2n) is 2.37. The molecule has 0 atom stereocenters. The molecule has 0 amide bonds. The van der Waals surface area contributed by atoms with Gasteiger partial charge in [-0.3, -0.25) is 0 Å². The minimum atomic E-state index is -4.27. The molecule has 12 heavy (non-hydrogen) atoms. The lowest BCUT2D eigenvalue weighted by Crippen LogP contribution is -2.29. The highest BCUT2D eigenvalue weighted by Crippen LogP contribution is 2.32. The minimum Gasteiger partial charge on any atom is -0.308 e. The van der Waals surface area contributed by atoms with Crippen LogP contribution in [-0.4, -0.2) is 6.18 Å². The fourth-order valence-corrected chi connectivity index (χ4v) is 0.969. The zero-order valence-electron chi connectivity index (χ0n) is 6.50. The first-order valence-corrected chi connectivity index (χ1v) is 3.53. The molecule has 68 valence electrons. The van der Waals surface area contributed by atoms with Crippen molar-refractivity contribution in [2.24, 2.45) is 0 Å². The Kier molecular flexibility index (Phi) is 2.30. The van der Waals surface area contributed by atoms with E-state index in [0.29, 0.717) is 6.42 Å². The van der Waals surface area contributed by atoms with Crippen LogP contribution in [0.15, 0.2) is 23.5 Å². The molecule has 0 fully saturated rings. The number of hydrogen-bond acceptors (Lipinski definition) is 2. The summed E-state index contributed by atoms with van der Waals surface area (Å²) < 4.78 is 36.6. The van der Waals surface area contributed by atoms with Gasteiger partial charge in [0.05, 0.1) is 5.57 Å². The van der Waals surface area contributed by atoms with E-state index in [0.717, 1.165) is 6.20 Å². The minimum absolute atomic E-state index is 0.265. The van der Waals surface area contributed by atoms with Gasteiger partial charge in [-0.15, -0.1) is 0 Å². The zero-order valence-corrected chi connectivity index (χ0v) is 6.50. The number of allylic oxidation sites excluding steroid dienone is 2. The molecule has 0 aromatic heterocycles. The van der Waals surface area contributed by atoms with Crippen molar-refractivity contribution in [1.29, 1.82) is 0 Å². The molecule has 5 heteroatoms. The first kappa shape index (κ1) is 8.96. The van der Waals surface area contributed by atoms with Gasteiger partial charge in [-0.25, -0.2) is 0 Å². The molecule has 1 heterocycles. The SMILES string of the molecule is CCC1=CNNC=C1C(F)(F)F. The molecule has 0 saturated carbocycles. The summed E-state index contributed by atoms with van der Waals surface area (Å²) in [6.45, 7) is 1.68. The topological polar surface area (TPSA) is 24.1 Å². The van der Waals surface area contributed by atoms with Crippen molar-refractivity contribution in [1.82, 2.24) is 10.9 Å². The van der Waals surface area contributed by atoms with E-state index in [4.69, 9.17) is 0 Å². The van der Waals surface area contributed by atoms with Crippen LogP contribution in [0.3, 0.4) is 0 Å². The van der Waals surface area contributed by atoms with Gasteiger partial charge in [-0.2, -0.15) is 13.2 Å². The van der Waals surface area contributed by atoms with Crippen LogP contribution in [0.4, 0.5) is 13.2 Å². The molecule has 0 aromatic carbocycles. The van der Waals surface area contributed by atoms with E-state index in [1.54, 1.807) is 6.92 Å². The molecular weight excluding hydrogens is 169 g/mol. The van der Waals surface area contributed by atoms with Gasteiger partial charge >= 0.3 is 6.18 Å². The number of hydrazine groups is 1. The smallest absolute Gasteiger partial charge is 0.308 e. The maximum absolute atomic E-state index is 12.2. The Balaban J connectivity index is 2.88. The normalized spacial score (nSPS) is 17.3. The first-order chi connectivity index (χ1) is 5.55. The molecule has 1 aliphatic heterocycles. The lowest BCUT2D eigenvalue weighted by Gasteiger charge is -2.18. The fraction of sp³-hybridized carbons (Fsp3) is 0.429. The van der Waals surface area contributed by atoms with Crippen LogP contribution in [0.5, 0.6) is 0 Å². The van der Waals surface area contributed by atoms with E-state index in [2.05, 4.69) is 10.9 Å². The van der Waals surface area contributed by atoms with Crippen molar-refractivity contribution in [3.63, 3.8) is 0 Å². The van der Waals surface area contributed by atoms with Crippen LogP contribution in [0, 0.1) is 0 Å². The molecule has 0 aliphatic carbocycles. The van der Waals surface area contributed by atoms with Gasteiger partial charge in [0.2, 0.25) is 0 Å². The summed E-state index contributed by atoms with van der Waals surface area (Å²) in [6, 6.07) is 0. The quantitative estimate of drug-likeness (QED) is 0.640. The van der Waals surface area contributed by atoms with Gasteiger partial charge in [0.15, 0.2) is 0 Å². The summed E-state index contributed by atoms with van der Waals surface area (Å²) in [5.74, 6) is 0. The summed E-state index contributed by atoms with van der Waals surface area (Å²) in [6.07, 6.45) is -1.65. The van der Waals surface area contributed by atoms with Gasteiger partial charge in [0, 0.05) is 12.4 Å². The first-order valence-electron chi connectivity index (χ1n) is 3.53. The Morgan fingerprint density at radius 1 is 1.25 bits per heavy atom. The molecule has 0 spiro atoms. The van der Waals surface area contributed by atoms with Crippen LogP contribution in [0.25, 0.3) is 0 Å². The second kappa shape index (κ2) is 3.08. The highest BCUT2D eigenvalue weighted by molar-refractivity contribution is 5.35. The van der Waals surface area contributed by atoms with Gasteiger partial charge in [-0.1, -0.05) is 6.92 Å². The standard InChI is InChI=1S/C7H9F3N2/c1-2-5-3-11-12-4-6(5)7(8,9)10/h3-4,11-12H,2H2,1H3. The van der Waals surface area contributed by atoms with E-state index in [-0.39, 0.29) is 5.57 Å². The summed E-state index contributed by atoms with van der Waals surface area (Å²) in [5.41, 5.74) is 4.45. The van der Waals surface area contributed by atoms with Crippen molar-refractivity contribution in [3.05, 3.63) is 23.5 Å². The number of halogens is 3. The third-order valence-electron chi connectivity index (χ3n) is 1.58. The Hall–Kier alpha value is -1.13. The highest BCUT2D eigenvalue weighted by Gasteiger charge is 2.36. The molecule has 1 rings (SSSR count). The maximum atomic E-state index is 12.2. The monoisotopic (exact) mass is 178 g/mol. The average molecular weight is 178 g/mol. The molecule has 2 N–H and O–H groups in total. The third kappa shape index (κ3) is 1.72. The summed E-state index contributed by atoms with van der Waals surface area (Å²) in [5, 5.41) is 0. The van der Waals surface area contributed by atoms with Gasteiger partial charge in [0.25, 0.3) is 0 Å². The summed E-state index contributed by atoms with van der Waals surface area (Å²) in [4.78, 5) is 0. The van der Waals surface area contributed by atoms with Gasteiger partial charge in [-0.05, 0) is 12.0 Å². The van der Waals surface area contributed by atoms with E-state index in [1.165, 1.54) is 6.20 Å². The van der Waals surface area contributed by atoms with Crippen LogP contribution >= 0.6 is 0 Å². The second-order valence-corrected chi connectivity index (χ2v) is 2.37. The molecule has 2 nitrogen and oxygen atoms in total. The summed E-state index contributed by atoms with van der Waals surface area (Å²) >= 11 is 0. The highest BCUT2D eigenvalue weighted by atomic mass is 19.4. The third-order valence-corrected chi connectivity index (χ3v) is 1.58. The lowest BCUT2D eigenvalue weighted by molar-refractivity contribution is -0.0903. The Morgan fingerprint density at radius 2 is 1.83 bits per heavy atom. The maximum Gasteiger partial charge on any atom is 0.418 e. The number of rotatable bonds is 1. The summed E-state index contributed by atoms with van der Waals surface area (Å²) in [7, 11) is 0. The predicted molar refractivity (Wildman–Crippen MR) is 38.8 cm³/mol. The predicted octanol–water partition coefficient (Wildman–Crippen LogP) is 1.83. The Morgan fingerprint density at radius 3 is 2.25 bits per heavy atom. The lowest BCUT2D eigenvalue weighted by atomic mass is 10.1. The zero-order chi connectivity index (χ0) is 9.19. The van der Waals surface area contributed by atoms with Crippen LogP contribution in [0.2, 0.25) is 0 Å². The molecule has 0 saturated heterocycles. The molecular formula is C7H9F3N2. The van der Waals surface area contributed by atoms with E-state index < -0.39 is 11.7 Å². The van der Waals surface area contributed by atoms with E-state index >= 15 is 0 Å². The van der Waals surface area contributed by atoms with Crippen molar-refractivity contribution >= 4 is 0 Å². The van der Waals surface area contributed by atoms with E-state index in [9.17, 15) is 13.2 Å². The largest absolute Gasteiger partial charge is 0.418 e. The van der Waals surface area contributed by atoms with Crippen molar-refractivity contribution in [2.45, 2.75) is 19.5 Å². The molecule has 1 aliphatic rings. The molecule has 0 unspecified atom stereocenters. The fourth-order valence-electron chi connectivity index (χ4n) is 0.969. The molecule has 0 bridgehead atoms. The number of alkyl halides is 3. The van der Waals surface area contributed by atoms with Gasteiger partial charge < -0.3 is 10.9 Å². The van der Waals surface area contributed by atoms with Crippen LogP contribution < -0.4 is 10.9 Å². The van der Waals surface area contributed by atoms with E-state index in [1.807, 2.05) is 0 Å². The average Bonchev–Trinajstić information content (AvgIpc) is 2.03. The number of hydrogen-bond donors (Lipinski definition) is 2.